The van der Waals surface area contributed by atoms with Gasteiger partial charge in [0.05, 0.1) is 26.1 Å². The Balaban J connectivity index is 4.16. The highest BCUT2D eigenvalue weighted by atomic mass is 16.5. The van der Waals surface area contributed by atoms with Crippen LogP contribution in [0.4, 0.5) is 0 Å². The second-order valence-corrected chi connectivity index (χ2v) is 5.22. The fraction of sp³-hybridized carbons (Fsp3) is 0.786. The third-order valence-electron chi connectivity index (χ3n) is 2.97. The average Bonchev–Trinajstić information content (AvgIpc) is 2.43. The lowest BCUT2D eigenvalue weighted by Gasteiger charge is -2.23. The molecule has 0 aromatic carbocycles. The van der Waals surface area contributed by atoms with Gasteiger partial charge >= 0.3 is 5.97 Å². The van der Waals surface area contributed by atoms with Crippen LogP contribution in [-0.4, -0.2) is 75.0 Å². The Bertz CT molecular complexity index is 360. The van der Waals surface area contributed by atoms with Gasteiger partial charge in [0.25, 0.3) is 0 Å². The number of methoxy groups -OCH3 is 1. The maximum absolute atomic E-state index is 12.0. The normalized spacial score (nSPS) is 11.9. The monoisotopic (exact) mass is 301 g/mol. The molecule has 1 atom stereocenters. The molecule has 0 saturated carbocycles. The van der Waals surface area contributed by atoms with Crippen molar-refractivity contribution >= 4 is 17.8 Å². The highest BCUT2D eigenvalue weighted by molar-refractivity contribution is 5.85. The Morgan fingerprint density at radius 1 is 1.19 bits per heavy atom. The summed E-state index contributed by atoms with van der Waals surface area (Å²) in [5.74, 6) is -0.938. The van der Waals surface area contributed by atoms with Crippen LogP contribution in [0.25, 0.3) is 0 Å². The van der Waals surface area contributed by atoms with Gasteiger partial charge in [0, 0.05) is 20.1 Å². The minimum absolute atomic E-state index is 0.0409. The van der Waals surface area contributed by atoms with E-state index in [0.717, 1.165) is 6.42 Å². The summed E-state index contributed by atoms with van der Waals surface area (Å²) < 4.78 is 4.64. The Morgan fingerprint density at radius 3 is 2.33 bits per heavy atom. The second-order valence-electron chi connectivity index (χ2n) is 5.22. The predicted octanol–water partition coefficient (Wildman–Crippen LogP) is -0.288. The molecule has 0 rings (SSSR count). The number of hydrogen-bond donors (Lipinski definition) is 1. The highest BCUT2D eigenvalue weighted by Crippen LogP contribution is 2.01. The van der Waals surface area contributed by atoms with Crippen molar-refractivity contribution in [3.63, 3.8) is 0 Å². The zero-order valence-electron chi connectivity index (χ0n) is 13.6. The topological polar surface area (TPSA) is 79.0 Å². The lowest BCUT2D eigenvalue weighted by atomic mass is 10.2. The van der Waals surface area contributed by atoms with Crippen LogP contribution in [0.3, 0.4) is 0 Å². The molecule has 7 heteroatoms. The first-order chi connectivity index (χ1) is 9.81. The van der Waals surface area contributed by atoms with Gasteiger partial charge in [-0.1, -0.05) is 13.8 Å². The minimum Gasteiger partial charge on any atom is -0.469 e. The van der Waals surface area contributed by atoms with Gasteiger partial charge < -0.3 is 15.0 Å². The van der Waals surface area contributed by atoms with Crippen LogP contribution in [0.5, 0.6) is 0 Å². The van der Waals surface area contributed by atoms with Gasteiger partial charge in [-0.25, -0.2) is 0 Å². The Kier molecular flexibility index (Phi) is 9.36. The lowest BCUT2D eigenvalue weighted by molar-refractivity contribution is -0.146. The summed E-state index contributed by atoms with van der Waals surface area (Å²) in [5.41, 5.74) is 0. The van der Waals surface area contributed by atoms with Gasteiger partial charge in [-0.15, -0.1) is 0 Å². The average molecular weight is 301 g/mol. The van der Waals surface area contributed by atoms with Crippen molar-refractivity contribution in [1.82, 2.24) is 15.1 Å². The van der Waals surface area contributed by atoms with Crippen molar-refractivity contribution in [3.8, 4) is 0 Å². The van der Waals surface area contributed by atoms with Gasteiger partial charge in [0.2, 0.25) is 11.8 Å². The molecule has 7 nitrogen and oxygen atoms in total. The molecule has 0 aliphatic heterocycles. The van der Waals surface area contributed by atoms with Gasteiger partial charge in [0.1, 0.15) is 0 Å². The standard InChI is InChI=1S/C14H27N3O4/c1-6-7-15-12(18)9-17(4)13(19)10-16(3)8-11(2)14(20)21-5/h11H,6-10H2,1-5H3,(H,15,18). The van der Waals surface area contributed by atoms with E-state index < -0.39 is 0 Å². The number of carbonyl (C=O) groups excluding carboxylic acids is 3. The van der Waals surface area contributed by atoms with Crippen LogP contribution in [0.15, 0.2) is 0 Å². The van der Waals surface area contributed by atoms with Gasteiger partial charge in [-0.2, -0.15) is 0 Å². The first kappa shape index (κ1) is 19.4. The summed E-state index contributed by atoms with van der Waals surface area (Å²) in [6.07, 6.45) is 0.859. The van der Waals surface area contributed by atoms with E-state index >= 15 is 0 Å². The van der Waals surface area contributed by atoms with Crippen LogP contribution in [0.2, 0.25) is 0 Å². The molecule has 2 amide bonds. The van der Waals surface area contributed by atoms with Crippen molar-refractivity contribution in [2.75, 3.05) is 47.4 Å². The SMILES string of the molecule is CCCNC(=O)CN(C)C(=O)CN(C)CC(C)C(=O)OC. The molecular weight excluding hydrogens is 274 g/mol. The molecule has 0 saturated heterocycles. The van der Waals surface area contributed by atoms with E-state index in [9.17, 15) is 14.4 Å². The molecule has 0 spiro atoms. The van der Waals surface area contributed by atoms with Crippen molar-refractivity contribution in [2.45, 2.75) is 20.3 Å². The Labute approximate surface area is 126 Å². The molecule has 0 aromatic heterocycles. The summed E-state index contributed by atoms with van der Waals surface area (Å²) in [5, 5.41) is 2.72. The van der Waals surface area contributed by atoms with Crippen LogP contribution in [0.1, 0.15) is 20.3 Å². The molecule has 0 fully saturated rings. The maximum atomic E-state index is 12.0. The number of hydrogen-bond acceptors (Lipinski definition) is 5. The number of amides is 2. The summed E-state index contributed by atoms with van der Waals surface area (Å²) >= 11 is 0. The fourth-order valence-corrected chi connectivity index (χ4v) is 1.78. The first-order valence-electron chi connectivity index (χ1n) is 7.08. The van der Waals surface area contributed by atoms with E-state index in [1.165, 1.54) is 12.0 Å². The summed E-state index contributed by atoms with van der Waals surface area (Å²) in [6, 6.07) is 0. The third kappa shape index (κ3) is 8.29. The summed E-state index contributed by atoms with van der Waals surface area (Å²) in [7, 11) is 4.68. The molecular formula is C14H27N3O4. The van der Waals surface area contributed by atoms with Gasteiger partial charge in [0.15, 0.2) is 0 Å². The molecule has 0 aromatic rings. The molecule has 1 unspecified atom stereocenters. The largest absolute Gasteiger partial charge is 0.469 e. The van der Waals surface area contributed by atoms with Gasteiger partial charge in [-0.3, -0.25) is 19.3 Å². The summed E-state index contributed by atoms with van der Waals surface area (Å²) in [6.45, 7) is 4.94. The molecule has 0 heterocycles. The molecule has 0 radical (unpaired) electrons. The fourth-order valence-electron chi connectivity index (χ4n) is 1.78. The number of esters is 1. The van der Waals surface area contributed by atoms with E-state index in [4.69, 9.17) is 0 Å². The van der Waals surface area contributed by atoms with E-state index in [1.54, 1.807) is 25.9 Å². The van der Waals surface area contributed by atoms with Crippen LogP contribution in [-0.2, 0) is 19.1 Å². The number of likely N-dealkylation sites (N-methyl/N-ethyl adjacent to an activating group) is 2. The molecule has 0 aliphatic carbocycles. The van der Waals surface area contributed by atoms with E-state index in [1.807, 2.05) is 6.92 Å². The van der Waals surface area contributed by atoms with Crippen molar-refractivity contribution in [1.29, 1.82) is 0 Å². The molecule has 122 valence electrons. The van der Waals surface area contributed by atoms with E-state index in [-0.39, 0.29) is 36.8 Å². The molecule has 1 N–H and O–H groups in total. The Hall–Kier alpha value is -1.63. The highest BCUT2D eigenvalue weighted by Gasteiger charge is 2.19. The van der Waals surface area contributed by atoms with E-state index in [0.29, 0.717) is 13.1 Å². The number of nitrogens with one attached hydrogen (secondary N) is 1. The van der Waals surface area contributed by atoms with E-state index in [2.05, 4.69) is 10.1 Å². The molecule has 21 heavy (non-hydrogen) atoms. The molecule has 0 bridgehead atoms. The van der Waals surface area contributed by atoms with Crippen LogP contribution >= 0.6 is 0 Å². The minimum atomic E-state index is -0.304. The number of nitrogens with zero attached hydrogens (tertiary/aromatic N) is 2. The van der Waals surface area contributed by atoms with Crippen molar-refractivity contribution < 1.29 is 19.1 Å². The van der Waals surface area contributed by atoms with Crippen LogP contribution < -0.4 is 5.32 Å². The predicted molar refractivity (Wildman–Crippen MR) is 79.6 cm³/mol. The lowest BCUT2D eigenvalue weighted by Crippen LogP contribution is -2.43. The quantitative estimate of drug-likeness (QED) is 0.592. The second kappa shape index (κ2) is 10.1. The van der Waals surface area contributed by atoms with Crippen molar-refractivity contribution in [3.05, 3.63) is 0 Å². The smallest absolute Gasteiger partial charge is 0.309 e. The van der Waals surface area contributed by atoms with Crippen molar-refractivity contribution in [2.24, 2.45) is 5.92 Å². The zero-order valence-corrected chi connectivity index (χ0v) is 13.6. The zero-order chi connectivity index (χ0) is 16.4. The van der Waals surface area contributed by atoms with Crippen LogP contribution in [0, 0.1) is 5.92 Å². The third-order valence-corrected chi connectivity index (χ3v) is 2.97. The van der Waals surface area contributed by atoms with Gasteiger partial charge in [-0.05, 0) is 13.5 Å². The maximum Gasteiger partial charge on any atom is 0.309 e. The number of ether oxygens (including phenoxy) is 1. The molecule has 0 aliphatic rings. The Morgan fingerprint density at radius 2 is 1.81 bits per heavy atom. The first-order valence-corrected chi connectivity index (χ1v) is 7.08. The summed E-state index contributed by atoms with van der Waals surface area (Å²) in [4.78, 5) is 37.9. The number of carbonyl (C=O) groups is 3. The number of rotatable bonds is 9.